The van der Waals surface area contributed by atoms with Crippen LogP contribution < -0.4 is 11.1 Å². The molecule has 4 heteroatoms. The molecule has 0 amide bonds. The minimum absolute atomic E-state index is 0.0967. The molecule has 1 unspecified atom stereocenters. The number of hydrogen-bond acceptors (Lipinski definition) is 4. The first-order valence-corrected chi connectivity index (χ1v) is 6.89. The number of anilines is 1. The Morgan fingerprint density at radius 3 is 2.71 bits per heavy atom. The number of benzene rings is 1. The second-order valence-corrected chi connectivity index (χ2v) is 5.13. The smallest absolute Gasteiger partial charge is 0.102 e. The van der Waals surface area contributed by atoms with Crippen molar-refractivity contribution in [2.24, 2.45) is 11.7 Å². The van der Waals surface area contributed by atoms with Gasteiger partial charge in [-0.3, -0.25) is 0 Å². The molecule has 0 aliphatic carbocycles. The van der Waals surface area contributed by atoms with Crippen LogP contribution in [0.3, 0.4) is 0 Å². The van der Waals surface area contributed by atoms with Gasteiger partial charge >= 0.3 is 0 Å². The van der Waals surface area contributed by atoms with Gasteiger partial charge in [0, 0.05) is 17.5 Å². The van der Waals surface area contributed by atoms with E-state index in [9.17, 15) is 5.26 Å². The van der Waals surface area contributed by atoms with Crippen LogP contribution >= 0.6 is 11.8 Å². The Kier molecular flexibility index (Phi) is 5.33. The number of nitrogens with one attached hydrogen (secondary N) is 1. The predicted octanol–water partition coefficient (Wildman–Crippen LogP) is 2.68. The number of thioether (sulfide) groups is 1. The molecule has 0 saturated heterocycles. The molecule has 0 spiro atoms. The second kappa shape index (κ2) is 6.53. The average Bonchev–Trinajstić information content (AvgIpc) is 2.34. The summed E-state index contributed by atoms with van der Waals surface area (Å²) in [5.41, 5.74) is 7.55. The Balaban J connectivity index is 2.81. The van der Waals surface area contributed by atoms with Crippen molar-refractivity contribution in [2.75, 3.05) is 18.1 Å². The molecule has 1 aromatic carbocycles. The Morgan fingerprint density at radius 1 is 1.47 bits per heavy atom. The summed E-state index contributed by atoms with van der Waals surface area (Å²) in [6, 6.07) is 8.17. The number of nitrogens with two attached hydrogens (primary N) is 1. The van der Waals surface area contributed by atoms with Gasteiger partial charge in [0.2, 0.25) is 0 Å². The van der Waals surface area contributed by atoms with Gasteiger partial charge in [0.05, 0.1) is 11.3 Å². The molecular weight excluding hydrogens is 230 g/mol. The van der Waals surface area contributed by atoms with Crippen LogP contribution in [0.2, 0.25) is 0 Å². The third-order valence-corrected chi connectivity index (χ3v) is 3.52. The highest BCUT2D eigenvalue weighted by molar-refractivity contribution is 7.98. The summed E-state index contributed by atoms with van der Waals surface area (Å²) in [6.45, 7) is 4.87. The lowest BCUT2D eigenvalue weighted by Gasteiger charge is -2.18. The summed E-state index contributed by atoms with van der Waals surface area (Å²) < 4.78 is 0. The van der Waals surface area contributed by atoms with Gasteiger partial charge in [0.15, 0.2) is 0 Å². The monoisotopic (exact) mass is 249 g/mol. The van der Waals surface area contributed by atoms with Gasteiger partial charge in [-0.05, 0) is 24.3 Å². The quantitative estimate of drug-likeness (QED) is 0.788. The number of nitriles is 1. The summed E-state index contributed by atoms with van der Waals surface area (Å²) in [7, 11) is 0. The van der Waals surface area contributed by atoms with E-state index >= 15 is 0 Å². The predicted molar refractivity (Wildman–Crippen MR) is 74.2 cm³/mol. The molecule has 92 valence electrons. The van der Waals surface area contributed by atoms with Crippen LogP contribution in [0.4, 0.5) is 5.69 Å². The van der Waals surface area contributed by atoms with Crippen molar-refractivity contribution in [3.8, 4) is 6.07 Å². The second-order valence-electron chi connectivity index (χ2n) is 4.28. The molecule has 1 atom stereocenters. The van der Waals surface area contributed by atoms with E-state index in [2.05, 4.69) is 25.2 Å². The lowest BCUT2D eigenvalue weighted by Crippen LogP contribution is -2.34. The van der Waals surface area contributed by atoms with E-state index in [1.54, 1.807) is 11.8 Å². The first-order valence-electron chi connectivity index (χ1n) is 5.66. The van der Waals surface area contributed by atoms with Gasteiger partial charge in [0.1, 0.15) is 6.07 Å². The molecular formula is C13H19N3S. The molecule has 0 heterocycles. The minimum Gasteiger partial charge on any atom is -0.382 e. The zero-order valence-corrected chi connectivity index (χ0v) is 11.3. The van der Waals surface area contributed by atoms with E-state index in [1.165, 1.54) is 0 Å². The maximum atomic E-state index is 9.17. The van der Waals surface area contributed by atoms with E-state index in [0.29, 0.717) is 18.0 Å². The Hall–Kier alpha value is -1.18. The zero-order valence-electron chi connectivity index (χ0n) is 10.5. The number of nitrogens with zero attached hydrogens (tertiary/aromatic N) is 1. The van der Waals surface area contributed by atoms with Gasteiger partial charge in [-0.25, -0.2) is 0 Å². The van der Waals surface area contributed by atoms with Crippen LogP contribution in [0.5, 0.6) is 0 Å². The molecule has 0 aliphatic rings. The summed E-state index contributed by atoms with van der Waals surface area (Å²) in [4.78, 5) is 0.996. The van der Waals surface area contributed by atoms with Gasteiger partial charge in [-0.15, -0.1) is 11.8 Å². The van der Waals surface area contributed by atoms with Crippen molar-refractivity contribution in [2.45, 2.75) is 24.8 Å². The topological polar surface area (TPSA) is 61.8 Å². The van der Waals surface area contributed by atoms with Crippen LogP contribution in [0, 0.1) is 17.2 Å². The highest BCUT2D eigenvalue weighted by Gasteiger charge is 2.10. The molecule has 0 aliphatic heterocycles. The zero-order chi connectivity index (χ0) is 12.8. The number of rotatable bonds is 5. The van der Waals surface area contributed by atoms with E-state index in [-0.39, 0.29) is 6.04 Å². The molecule has 3 N–H and O–H groups in total. The molecule has 0 aromatic heterocycles. The Morgan fingerprint density at radius 2 is 2.18 bits per heavy atom. The normalized spacial score (nSPS) is 12.2. The summed E-state index contributed by atoms with van der Waals surface area (Å²) >= 11 is 1.58. The van der Waals surface area contributed by atoms with Crippen LogP contribution in [0.15, 0.2) is 23.1 Å². The molecule has 1 aromatic rings. The Labute approximate surface area is 107 Å². The SMILES string of the molecule is CSc1cccc(NCC(N)C(C)C)c1C#N. The van der Waals surface area contributed by atoms with Crippen molar-refractivity contribution in [3.63, 3.8) is 0 Å². The van der Waals surface area contributed by atoms with Gasteiger partial charge in [-0.2, -0.15) is 5.26 Å². The third kappa shape index (κ3) is 3.65. The van der Waals surface area contributed by atoms with Crippen LogP contribution in [-0.4, -0.2) is 18.8 Å². The van der Waals surface area contributed by atoms with Crippen LogP contribution in [-0.2, 0) is 0 Å². The summed E-state index contributed by atoms with van der Waals surface area (Å²) in [5, 5.41) is 12.4. The standard InChI is InChI=1S/C13H19N3S/c1-9(2)11(15)8-16-12-5-4-6-13(17-3)10(12)7-14/h4-6,9,11,16H,8,15H2,1-3H3. The van der Waals surface area contributed by atoms with E-state index in [4.69, 9.17) is 5.73 Å². The fourth-order valence-electron chi connectivity index (χ4n) is 1.43. The molecule has 0 saturated carbocycles. The van der Waals surface area contributed by atoms with Crippen molar-refractivity contribution in [1.82, 2.24) is 0 Å². The van der Waals surface area contributed by atoms with Crippen molar-refractivity contribution in [1.29, 1.82) is 5.26 Å². The third-order valence-electron chi connectivity index (χ3n) is 2.74. The molecule has 0 radical (unpaired) electrons. The van der Waals surface area contributed by atoms with E-state index < -0.39 is 0 Å². The summed E-state index contributed by atoms with van der Waals surface area (Å²) in [6.07, 6.45) is 1.97. The van der Waals surface area contributed by atoms with Gasteiger partial charge < -0.3 is 11.1 Å². The van der Waals surface area contributed by atoms with Crippen molar-refractivity contribution in [3.05, 3.63) is 23.8 Å². The first-order chi connectivity index (χ1) is 8.10. The lowest BCUT2D eigenvalue weighted by molar-refractivity contribution is 0.511. The van der Waals surface area contributed by atoms with Crippen LogP contribution in [0.25, 0.3) is 0 Å². The Bertz CT molecular complexity index is 410. The van der Waals surface area contributed by atoms with Crippen molar-refractivity contribution >= 4 is 17.4 Å². The maximum Gasteiger partial charge on any atom is 0.102 e. The highest BCUT2D eigenvalue weighted by atomic mass is 32.2. The van der Waals surface area contributed by atoms with Crippen molar-refractivity contribution < 1.29 is 0 Å². The maximum absolute atomic E-state index is 9.17. The lowest BCUT2D eigenvalue weighted by atomic mass is 10.1. The number of hydrogen-bond donors (Lipinski definition) is 2. The summed E-state index contributed by atoms with van der Waals surface area (Å²) in [5.74, 6) is 0.428. The minimum atomic E-state index is 0.0967. The average molecular weight is 249 g/mol. The fourth-order valence-corrected chi connectivity index (χ4v) is 2.00. The molecule has 1 rings (SSSR count). The molecule has 3 nitrogen and oxygen atoms in total. The molecule has 0 fully saturated rings. The first kappa shape index (κ1) is 13.9. The van der Waals surface area contributed by atoms with Gasteiger partial charge in [-0.1, -0.05) is 19.9 Å². The van der Waals surface area contributed by atoms with E-state index in [1.807, 2.05) is 24.5 Å². The molecule has 0 bridgehead atoms. The van der Waals surface area contributed by atoms with Crippen LogP contribution in [0.1, 0.15) is 19.4 Å². The van der Waals surface area contributed by atoms with E-state index in [0.717, 1.165) is 10.6 Å². The fraction of sp³-hybridized carbons (Fsp3) is 0.462. The molecule has 17 heavy (non-hydrogen) atoms. The largest absolute Gasteiger partial charge is 0.382 e. The van der Waals surface area contributed by atoms with Gasteiger partial charge in [0.25, 0.3) is 0 Å². The highest BCUT2D eigenvalue weighted by Crippen LogP contribution is 2.26.